The van der Waals surface area contributed by atoms with Gasteiger partial charge < -0.3 is 9.47 Å². The van der Waals surface area contributed by atoms with Gasteiger partial charge in [0.25, 0.3) is 0 Å². The van der Waals surface area contributed by atoms with Crippen molar-refractivity contribution >= 4 is 5.91 Å². The first kappa shape index (κ1) is 7.15. The molecule has 1 aromatic rings. The van der Waals surface area contributed by atoms with Crippen LogP contribution in [0.1, 0.15) is 11.9 Å². The summed E-state index contributed by atoms with van der Waals surface area (Å²) in [4.78, 5) is 13.5. The third-order valence-electron chi connectivity index (χ3n) is 2.77. The summed E-state index contributed by atoms with van der Waals surface area (Å²) in [5.74, 6) is 0.221. The van der Waals surface area contributed by atoms with Gasteiger partial charge in [0.1, 0.15) is 12.7 Å². The summed E-state index contributed by atoms with van der Waals surface area (Å²) < 4.78 is 2.02. The van der Waals surface area contributed by atoms with E-state index in [0.29, 0.717) is 6.54 Å². The van der Waals surface area contributed by atoms with Crippen LogP contribution in [0.4, 0.5) is 0 Å². The average Bonchev–Trinajstić information content (AvgIpc) is 2.66. The first-order valence-electron chi connectivity index (χ1n) is 4.54. The van der Waals surface area contributed by atoms with Crippen molar-refractivity contribution in [3.63, 3.8) is 0 Å². The molecule has 1 unspecified atom stereocenters. The Balaban J connectivity index is 2.10. The molecule has 3 heterocycles. The van der Waals surface area contributed by atoms with Crippen molar-refractivity contribution in [3.05, 3.63) is 24.0 Å². The van der Waals surface area contributed by atoms with Gasteiger partial charge in [0.05, 0.1) is 5.69 Å². The smallest absolute Gasteiger partial charge is 0.244 e. The van der Waals surface area contributed by atoms with Crippen molar-refractivity contribution < 1.29 is 4.79 Å². The summed E-state index contributed by atoms with van der Waals surface area (Å²) in [6.07, 6.45) is 2.08. The molecule has 0 aliphatic carbocycles. The fraction of sp³-hybridized carbons (Fsp3) is 0.444. The molecule has 0 bridgehead atoms. The predicted molar refractivity (Wildman–Crippen MR) is 46.9 cm³/mol. The van der Waals surface area contributed by atoms with Crippen molar-refractivity contribution in [2.24, 2.45) is 0 Å². The number of hydrogen-bond donors (Lipinski definition) is 1. The van der Waals surface area contributed by atoms with E-state index < -0.39 is 0 Å². The number of nitrogens with zero attached hydrogens (tertiary/aromatic N) is 2. The van der Waals surface area contributed by atoms with E-state index in [9.17, 15) is 4.79 Å². The van der Waals surface area contributed by atoms with Crippen LogP contribution in [0.25, 0.3) is 0 Å². The predicted octanol–water partition coefficient (Wildman–Crippen LogP) is -0.0679. The maximum atomic E-state index is 11.6. The van der Waals surface area contributed by atoms with Crippen molar-refractivity contribution in [3.8, 4) is 0 Å². The highest BCUT2D eigenvalue weighted by Crippen LogP contribution is 2.26. The summed E-state index contributed by atoms with van der Waals surface area (Å²) in [6.45, 7) is 2.25. The number of hydrogen-bond acceptors (Lipinski definition) is 2. The second-order valence-electron chi connectivity index (χ2n) is 3.50. The standard InChI is InChI=1S/C9H11N3O/c13-8-6-11-4-1-2-7(11)9-10-3-5-12(8)9/h1-2,4,9-10H,3,5-6H2. The molecule has 1 N–H and O–H groups in total. The van der Waals surface area contributed by atoms with Crippen molar-refractivity contribution in [1.82, 2.24) is 14.8 Å². The SMILES string of the molecule is O=C1Cn2cccc2C2NCCN12. The number of carbonyl (C=O) groups is 1. The van der Waals surface area contributed by atoms with Gasteiger partial charge in [-0.05, 0) is 12.1 Å². The van der Waals surface area contributed by atoms with E-state index in [4.69, 9.17) is 0 Å². The van der Waals surface area contributed by atoms with Gasteiger partial charge in [-0.25, -0.2) is 0 Å². The minimum absolute atomic E-state index is 0.122. The van der Waals surface area contributed by atoms with Crippen LogP contribution in [0.3, 0.4) is 0 Å². The summed E-state index contributed by atoms with van der Waals surface area (Å²) in [6, 6.07) is 4.06. The molecule has 0 radical (unpaired) electrons. The molecule has 3 rings (SSSR count). The molecule has 1 fully saturated rings. The Morgan fingerprint density at radius 1 is 1.54 bits per heavy atom. The fourth-order valence-corrected chi connectivity index (χ4v) is 2.15. The van der Waals surface area contributed by atoms with E-state index in [2.05, 4.69) is 11.4 Å². The lowest BCUT2D eigenvalue weighted by Gasteiger charge is -2.30. The maximum Gasteiger partial charge on any atom is 0.244 e. The molecule has 1 aromatic heterocycles. The Morgan fingerprint density at radius 2 is 2.46 bits per heavy atom. The number of fused-ring (bicyclic) bond motifs is 3. The maximum absolute atomic E-state index is 11.6. The average molecular weight is 177 g/mol. The van der Waals surface area contributed by atoms with E-state index in [1.807, 2.05) is 21.7 Å². The van der Waals surface area contributed by atoms with Crippen LogP contribution in [0.5, 0.6) is 0 Å². The first-order valence-corrected chi connectivity index (χ1v) is 4.54. The minimum Gasteiger partial charge on any atom is -0.339 e. The third-order valence-corrected chi connectivity index (χ3v) is 2.77. The van der Waals surface area contributed by atoms with Gasteiger partial charge in [-0.2, -0.15) is 0 Å². The normalized spacial score (nSPS) is 26.0. The molecule has 1 amide bonds. The Morgan fingerprint density at radius 3 is 3.38 bits per heavy atom. The van der Waals surface area contributed by atoms with Crippen LogP contribution < -0.4 is 5.32 Å². The highest BCUT2D eigenvalue weighted by molar-refractivity contribution is 5.78. The number of aromatic nitrogens is 1. The van der Waals surface area contributed by atoms with Crippen LogP contribution in [0.2, 0.25) is 0 Å². The number of rotatable bonds is 0. The molecule has 68 valence electrons. The molecular formula is C9H11N3O. The number of nitrogens with one attached hydrogen (secondary N) is 1. The lowest BCUT2D eigenvalue weighted by atomic mass is 10.2. The summed E-state index contributed by atoms with van der Waals surface area (Å²) in [5.41, 5.74) is 1.21. The molecular weight excluding hydrogens is 166 g/mol. The Hall–Kier alpha value is -1.29. The number of carbonyl (C=O) groups excluding carboxylic acids is 1. The Bertz CT molecular complexity index is 357. The molecule has 4 heteroatoms. The largest absolute Gasteiger partial charge is 0.339 e. The van der Waals surface area contributed by atoms with Crippen LogP contribution >= 0.6 is 0 Å². The van der Waals surface area contributed by atoms with Crippen molar-refractivity contribution in [2.75, 3.05) is 13.1 Å². The minimum atomic E-state index is 0.122. The number of amides is 1. The fourth-order valence-electron chi connectivity index (χ4n) is 2.15. The van der Waals surface area contributed by atoms with Crippen molar-refractivity contribution in [2.45, 2.75) is 12.7 Å². The van der Waals surface area contributed by atoms with Gasteiger partial charge in [0.2, 0.25) is 5.91 Å². The van der Waals surface area contributed by atoms with Crippen LogP contribution in [0, 0.1) is 0 Å². The molecule has 1 atom stereocenters. The van der Waals surface area contributed by atoms with Crippen LogP contribution in [0.15, 0.2) is 18.3 Å². The van der Waals surface area contributed by atoms with Crippen LogP contribution in [-0.2, 0) is 11.3 Å². The zero-order valence-electron chi connectivity index (χ0n) is 7.23. The van der Waals surface area contributed by atoms with Gasteiger partial charge in [0, 0.05) is 19.3 Å². The van der Waals surface area contributed by atoms with E-state index in [-0.39, 0.29) is 12.1 Å². The molecule has 0 spiro atoms. The quantitative estimate of drug-likeness (QED) is 0.602. The van der Waals surface area contributed by atoms with E-state index in [0.717, 1.165) is 13.1 Å². The second kappa shape index (κ2) is 2.35. The summed E-state index contributed by atoms with van der Waals surface area (Å²) >= 11 is 0. The lowest BCUT2D eigenvalue weighted by Crippen LogP contribution is -2.41. The molecule has 2 aliphatic heterocycles. The zero-order valence-corrected chi connectivity index (χ0v) is 7.23. The first-order chi connectivity index (χ1) is 6.36. The van der Waals surface area contributed by atoms with Crippen LogP contribution in [-0.4, -0.2) is 28.5 Å². The molecule has 1 saturated heterocycles. The van der Waals surface area contributed by atoms with E-state index >= 15 is 0 Å². The highest BCUT2D eigenvalue weighted by atomic mass is 16.2. The molecule has 0 saturated carbocycles. The van der Waals surface area contributed by atoms with Gasteiger partial charge in [-0.15, -0.1) is 0 Å². The Kier molecular flexibility index (Phi) is 1.29. The third kappa shape index (κ3) is 0.862. The molecule has 4 nitrogen and oxygen atoms in total. The van der Waals surface area contributed by atoms with Gasteiger partial charge in [-0.1, -0.05) is 0 Å². The highest BCUT2D eigenvalue weighted by Gasteiger charge is 2.34. The monoisotopic (exact) mass is 177 g/mol. The summed E-state index contributed by atoms with van der Waals surface area (Å²) in [7, 11) is 0. The molecule has 2 aliphatic rings. The van der Waals surface area contributed by atoms with Gasteiger partial charge in [-0.3, -0.25) is 10.1 Å². The van der Waals surface area contributed by atoms with E-state index in [1.54, 1.807) is 0 Å². The van der Waals surface area contributed by atoms with Gasteiger partial charge in [0.15, 0.2) is 0 Å². The topological polar surface area (TPSA) is 37.3 Å². The Labute approximate surface area is 76.1 Å². The lowest BCUT2D eigenvalue weighted by molar-refractivity contribution is -0.134. The van der Waals surface area contributed by atoms with Crippen molar-refractivity contribution in [1.29, 1.82) is 0 Å². The van der Waals surface area contributed by atoms with Gasteiger partial charge >= 0.3 is 0 Å². The zero-order chi connectivity index (χ0) is 8.84. The summed E-state index contributed by atoms with van der Waals surface area (Å²) in [5, 5.41) is 3.32. The molecule has 0 aromatic carbocycles. The van der Waals surface area contributed by atoms with E-state index in [1.165, 1.54) is 5.69 Å². The molecule has 13 heavy (non-hydrogen) atoms. The second-order valence-corrected chi connectivity index (χ2v) is 3.50.